The van der Waals surface area contributed by atoms with Crippen molar-refractivity contribution < 1.29 is 4.74 Å². The van der Waals surface area contributed by atoms with E-state index < -0.39 is 0 Å². The van der Waals surface area contributed by atoms with Crippen LogP contribution in [-0.4, -0.2) is 36.1 Å². The molecular weight excluding hydrogens is 290 g/mol. The van der Waals surface area contributed by atoms with Gasteiger partial charge in [-0.2, -0.15) is 0 Å². The molecule has 1 fully saturated rings. The Morgan fingerprint density at radius 3 is 2.36 bits per heavy atom. The van der Waals surface area contributed by atoms with E-state index in [2.05, 4.69) is 66.4 Å². The van der Waals surface area contributed by atoms with Gasteiger partial charge in [0, 0.05) is 18.5 Å². The number of aryl methyl sites for hydroxylation is 1. The van der Waals surface area contributed by atoms with E-state index in [1.165, 1.54) is 16.7 Å². The Bertz CT molecular complexity index is 605. The molecule has 0 spiro atoms. The maximum atomic E-state index is 5.70. The quantitative estimate of drug-likeness (QED) is 0.753. The molecule has 0 radical (unpaired) electrons. The molecule has 3 rings (SSSR count). The SMILES string of the molecule is Cc1ccc(C(c2ccccc2)N2CC(OCC=S)C2)cc1. The van der Waals surface area contributed by atoms with Crippen LogP contribution >= 0.6 is 12.2 Å². The largest absolute Gasteiger partial charge is 0.371 e. The van der Waals surface area contributed by atoms with E-state index in [0.717, 1.165) is 13.1 Å². The Morgan fingerprint density at radius 1 is 1.09 bits per heavy atom. The lowest BCUT2D eigenvalue weighted by atomic mass is 9.93. The van der Waals surface area contributed by atoms with Crippen molar-refractivity contribution in [1.29, 1.82) is 0 Å². The van der Waals surface area contributed by atoms with Gasteiger partial charge in [-0.25, -0.2) is 0 Å². The number of benzene rings is 2. The molecule has 0 aromatic heterocycles. The van der Waals surface area contributed by atoms with Crippen LogP contribution < -0.4 is 0 Å². The Hall–Kier alpha value is -1.55. The maximum Gasteiger partial charge on any atom is 0.0833 e. The fraction of sp³-hybridized carbons (Fsp3) is 0.316. The molecule has 1 atom stereocenters. The summed E-state index contributed by atoms with van der Waals surface area (Å²) in [5.74, 6) is 0. The summed E-state index contributed by atoms with van der Waals surface area (Å²) in [6.07, 6.45) is 0.302. The van der Waals surface area contributed by atoms with E-state index >= 15 is 0 Å². The molecule has 0 bridgehead atoms. The Balaban J connectivity index is 1.79. The number of likely N-dealkylation sites (tertiary alicyclic amines) is 1. The van der Waals surface area contributed by atoms with Gasteiger partial charge in [-0.05, 0) is 18.1 Å². The third-order valence-corrected chi connectivity index (χ3v) is 4.29. The van der Waals surface area contributed by atoms with Gasteiger partial charge in [0.05, 0.1) is 18.8 Å². The second-order valence-corrected chi connectivity index (χ2v) is 6.13. The van der Waals surface area contributed by atoms with E-state index in [-0.39, 0.29) is 0 Å². The van der Waals surface area contributed by atoms with E-state index in [1.807, 2.05) is 0 Å². The highest BCUT2D eigenvalue weighted by Gasteiger charge is 2.34. The van der Waals surface area contributed by atoms with Crippen LogP contribution in [0.1, 0.15) is 22.7 Å². The normalized spacial score (nSPS) is 17.0. The summed E-state index contributed by atoms with van der Waals surface area (Å²) in [6, 6.07) is 19.8. The van der Waals surface area contributed by atoms with Gasteiger partial charge in [0.2, 0.25) is 0 Å². The molecule has 1 aliphatic heterocycles. The van der Waals surface area contributed by atoms with Crippen molar-refractivity contribution in [3.05, 3.63) is 71.3 Å². The Morgan fingerprint density at radius 2 is 1.73 bits per heavy atom. The number of rotatable bonds is 6. The fourth-order valence-corrected chi connectivity index (χ4v) is 3.04. The lowest BCUT2D eigenvalue weighted by molar-refractivity contribution is -0.0524. The molecule has 2 nitrogen and oxygen atoms in total. The number of thiocarbonyl (C=S) groups is 1. The predicted molar refractivity (Wildman–Crippen MR) is 94.4 cm³/mol. The summed E-state index contributed by atoms with van der Waals surface area (Å²) >= 11 is 4.83. The zero-order valence-electron chi connectivity index (χ0n) is 12.8. The van der Waals surface area contributed by atoms with Crippen LogP contribution in [0.4, 0.5) is 0 Å². The third-order valence-electron chi connectivity index (χ3n) is 4.15. The lowest BCUT2D eigenvalue weighted by Crippen LogP contribution is -2.53. The summed E-state index contributed by atoms with van der Waals surface area (Å²) in [5, 5.41) is 1.65. The van der Waals surface area contributed by atoms with Gasteiger partial charge >= 0.3 is 0 Å². The molecule has 2 aromatic rings. The minimum atomic E-state index is 0.300. The molecule has 114 valence electrons. The minimum Gasteiger partial charge on any atom is -0.371 e. The van der Waals surface area contributed by atoms with Crippen LogP contribution in [0.25, 0.3) is 0 Å². The molecule has 2 aromatic carbocycles. The highest BCUT2D eigenvalue weighted by molar-refractivity contribution is 7.79. The van der Waals surface area contributed by atoms with Crippen molar-refractivity contribution >= 4 is 17.6 Å². The molecule has 1 saturated heterocycles. The van der Waals surface area contributed by atoms with E-state index in [1.54, 1.807) is 5.37 Å². The number of hydrogen-bond acceptors (Lipinski definition) is 3. The minimum absolute atomic E-state index is 0.300. The van der Waals surface area contributed by atoms with Crippen molar-refractivity contribution in [2.24, 2.45) is 0 Å². The van der Waals surface area contributed by atoms with Crippen LogP contribution in [0, 0.1) is 6.92 Å². The lowest BCUT2D eigenvalue weighted by Gasteiger charge is -2.44. The predicted octanol–water partition coefficient (Wildman–Crippen LogP) is 3.78. The summed E-state index contributed by atoms with van der Waals surface area (Å²) in [4.78, 5) is 2.47. The van der Waals surface area contributed by atoms with Crippen molar-refractivity contribution in [3.63, 3.8) is 0 Å². The van der Waals surface area contributed by atoms with Crippen molar-refractivity contribution in [1.82, 2.24) is 4.90 Å². The average Bonchev–Trinajstić information content (AvgIpc) is 2.52. The van der Waals surface area contributed by atoms with Gasteiger partial charge in [0.1, 0.15) is 0 Å². The van der Waals surface area contributed by atoms with Crippen molar-refractivity contribution in [2.45, 2.75) is 19.1 Å². The molecular formula is C19H21NOS. The molecule has 0 aliphatic carbocycles. The smallest absolute Gasteiger partial charge is 0.0833 e. The average molecular weight is 311 g/mol. The molecule has 1 unspecified atom stereocenters. The second kappa shape index (κ2) is 7.14. The first-order chi connectivity index (χ1) is 10.8. The van der Waals surface area contributed by atoms with Crippen LogP contribution in [-0.2, 0) is 4.74 Å². The first-order valence-electron chi connectivity index (χ1n) is 7.68. The van der Waals surface area contributed by atoms with Crippen molar-refractivity contribution in [3.8, 4) is 0 Å². The van der Waals surface area contributed by atoms with Crippen LogP contribution in [0.2, 0.25) is 0 Å². The van der Waals surface area contributed by atoms with Crippen LogP contribution in [0.5, 0.6) is 0 Å². The zero-order chi connectivity index (χ0) is 15.4. The topological polar surface area (TPSA) is 12.5 Å². The van der Waals surface area contributed by atoms with Gasteiger partial charge in [0.15, 0.2) is 0 Å². The number of nitrogens with zero attached hydrogens (tertiary/aromatic N) is 1. The third kappa shape index (κ3) is 3.43. The first kappa shape index (κ1) is 15.3. The van der Waals surface area contributed by atoms with E-state index in [9.17, 15) is 0 Å². The fourth-order valence-electron chi connectivity index (χ4n) is 2.96. The Kier molecular flexibility index (Phi) is 4.98. The summed E-state index contributed by atoms with van der Waals surface area (Å²) in [6.45, 7) is 4.60. The van der Waals surface area contributed by atoms with Gasteiger partial charge in [-0.3, -0.25) is 4.90 Å². The maximum absolute atomic E-state index is 5.70. The molecule has 3 heteroatoms. The van der Waals surface area contributed by atoms with Gasteiger partial charge in [-0.1, -0.05) is 72.4 Å². The van der Waals surface area contributed by atoms with Gasteiger partial charge in [-0.15, -0.1) is 0 Å². The first-order valence-corrected chi connectivity index (χ1v) is 8.16. The van der Waals surface area contributed by atoms with Crippen LogP contribution in [0.3, 0.4) is 0 Å². The highest BCUT2D eigenvalue weighted by atomic mass is 32.1. The molecule has 22 heavy (non-hydrogen) atoms. The summed E-state index contributed by atoms with van der Waals surface area (Å²) in [5.41, 5.74) is 3.96. The molecule has 0 amide bonds. The number of hydrogen-bond donors (Lipinski definition) is 0. The van der Waals surface area contributed by atoms with Gasteiger partial charge < -0.3 is 4.74 Å². The standard InChI is InChI=1S/C19H21NOS/c1-15-7-9-17(10-8-15)19(16-5-3-2-4-6-16)20-13-18(14-20)21-11-12-22/h2-10,12,18-19H,11,13-14H2,1H3. The van der Waals surface area contributed by atoms with Crippen LogP contribution in [0.15, 0.2) is 54.6 Å². The van der Waals surface area contributed by atoms with Crippen molar-refractivity contribution in [2.75, 3.05) is 19.7 Å². The molecule has 0 N–H and O–H groups in total. The molecule has 0 saturated carbocycles. The van der Waals surface area contributed by atoms with E-state index in [0.29, 0.717) is 18.8 Å². The Labute approximate surface area is 137 Å². The highest BCUT2D eigenvalue weighted by Crippen LogP contribution is 2.33. The zero-order valence-corrected chi connectivity index (χ0v) is 13.6. The summed E-state index contributed by atoms with van der Waals surface area (Å²) in [7, 11) is 0. The second-order valence-electron chi connectivity index (χ2n) is 5.80. The molecule has 1 heterocycles. The van der Waals surface area contributed by atoms with Gasteiger partial charge in [0.25, 0.3) is 0 Å². The number of ether oxygens (including phenoxy) is 1. The summed E-state index contributed by atoms with van der Waals surface area (Å²) < 4.78 is 5.70. The molecule has 1 aliphatic rings. The van der Waals surface area contributed by atoms with E-state index in [4.69, 9.17) is 17.0 Å². The monoisotopic (exact) mass is 311 g/mol.